The van der Waals surface area contributed by atoms with Gasteiger partial charge in [-0.2, -0.15) is 0 Å². The van der Waals surface area contributed by atoms with E-state index in [0.29, 0.717) is 0 Å². The van der Waals surface area contributed by atoms with Crippen LogP contribution in [0.5, 0.6) is 0 Å². The second-order valence-corrected chi connectivity index (χ2v) is 4.55. The number of nitrogens with zero attached hydrogens (tertiary/aromatic N) is 1. The van der Waals surface area contributed by atoms with Crippen molar-refractivity contribution in [3.05, 3.63) is 29.3 Å². The van der Waals surface area contributed by atoms with Gasteiger partial charge in [-0.25, -0.2) is 0 Å². The zero-order valence-corrected chi connectivity index (χ0v) is 9.99. The van der Waals surface area contributed by atoms with Crippen molar-refractivity contribution in [2.75, 3.05) is 24.5 Å². The molecule has 1 aromatic rings. The lowest BCUT2D eigenvalue weighted by molar-refractivity contribution is 0.0922. The van der Waals surface area contributed by atoms with E-state index in [1.807, 2.05) is 6.07 Å². The number of hydrogen-bond acceptors (Lipinski definition) is 3. The molecule has 1 saturated heterocycles. The molecule has 2 heterocycles. The first-order valence-electron chi connectivity index (χ1n) is 6.21. The highest BCUT2D eigenvalue weighted by molar-refractivity contribution is 6.03. The summed E-state index contributed by atoms with van der Waals surface area (Å²) in [5, 5.41) is 6.38. The number of fused-ring (bicyclic) bond motifs is 3. The monoisotopic (exact) mass is 231 g/mol. The fourth-order valence-corrected chi connectivity index (χ4v) is 2.73. The molecule has 0 saturated carbocycles. The molecule has 0 spiro atoms. The summed E-state index contributed by atoms with van der Waals surface area (Å²) >= 11 is 0. The Morgan fingerprint density at radius 2 is 2.35 bits per heavy atom. The van der Waals surface area contributed by atoms with Crippen molar-refractivity contribution in [1.29, 1.82) is 0 Å². The summed E-state index contributed by atoms with van der Waals surface area (Å²) in [5.41, 5.74) is 3.10. The van der Waals surface area contributed by atoms with Gasteiger partial charge in [0.05, 0.1) is 11.3 Å². The van der Waals surface area contributed by atoms with Crippen molar-refractivity contribution < 1.29 is 4.79 Å². The number of carbonyl (C=O) groups is 1. The third-order valence-electron chi connectivity index (χ3n) is 3.59. The number of rotatable bonds is 1. The van der Waals surface area contributed by atoms with Crippen LogP contribution in [0.1, 0.15) is 22.8 Å². The lowest BCUT2D eigenvalue weighted by Gasteiger charge is -2.42. The predicted molar refractivity (Wildman–Crippen MR) is 67.3 cm³/mol. The van der Waals surface area contributed by atoms with E-state index in [9.17, 15) is 4.79 Å². The Labute approximate surface area is 101 Å². The van der Waals surface area contributed by atoms with Crippen LogP contribution < -0.4 is 15.5 Å². The van der Waals surface area contributed by atoms with Crippen molar-refractivity contribution >= 4 is 11.6 Å². The maximum Gasteiger partial charge on any atom is 0.255 e. The van der Waals surface area contributed by atoms with Gasteiger partial charge < -0.3 is 15.5 Å². The summed E-state index contributed by atoms with van der Waals surface area (Å²) < 4.78 is 0. The van der Waals surface area contributed by atoms with Crippen molar-refractivity contribution in [3.8, 4) is 0 Å². The van der Waals surface area contributed by atoms with Gasteiger partial charge in [-0.3, -0.25) is 4.79 Å². The highest BCUT2D eigenvalue weighted by Crippen LogP contribution is 2.29. The molecule has 0 radical (unpaired) electrons. The lowest BCUT2D eigenvalue weighted by atomic mass is 9.98. The van der Waals surface area contributed by atoms with Crippen molar-refractivity contribution in [1.82, 2.24) is 10.6 Å². The summed E-state index contributed by atoms with van der Waals surface area (Å²) in [6, 6.07) is 6.15. The van der Waals surface area contributed by atoms with Gasteiger partial charge in [0.15, 0.2) is 0 Å². The van der Waals surface area contributed by atoms with Crippen LogP contribution in [0.4, 0.5) is 5.69 Å². The number of aryl methyl sites for hydroxylation is 1. The van der Waals surface area contributed by atoms with Crippen molar-refractivity contribution in [3.63, 3.8) is 0 Å². The molecular weight excluding hydrogens is 214 g/mol. The molecule has 2 N–H and O–H groups in total. The number of amides is 1. The molecular formula is C13H17N3O. The van der Waals surface area contributed by atoms with Gasteiger partial charge in [0.2, 0.25) is 0 Å². The van der Waals surface area contributed by atoms with Crippen molar-refractivity contribution in [2.45, 2.75) is 19.5 Å². The van der Waals surface area contributed by atoms with E-state index in [1.165, 1.54) is 0 Å². The SMILES string of the molecule is CCc1cccc2c1C(=O)NC1CNCCN21. The van der Waals surface area contributed by atoms with Crippen LogP contribution in [-0.2, 0) is 6.42 Å². The highest BCUT2D eigenvalue weighted by Gasteiger charge is 2.33. The third kappa shape index (κ3) is 1.60. The van der Waals surface area contributed by atoms with Crippen LogP contribution in [-0.4, -0.2) is 31.7 Å². The standard InChI is InChI=1S/C13H17N3O/c1-2-9-4-3-5-10-12(9)13(17)15-11-8-14-6-7-16(10)11/h3-5,11,14H,2,6-8H2,1H3,(H,15,17). The predicted octanol–water partition coefficient (Wildman–Crippen LogP) is 0.728. The Hall–Kier alpha value is -1.55. The molecule has 0 bridgehead atoms. The minimum Gasteiger partial charge on any atom is -0.348 e. The first kappa shape index (κ1) is 10.6. The largest absolute Gasteiger partial charge is 0.348 e. The molecule has 3 rings (SSSR count). The van der Waals surface area contributed by atoms with Gasteiger partial charge >= 0.3 is 0 Å². The maximum atomic E-state index is 12.2. The first-order valence-corrected chi connectivity index (χ1v) is 6.21. The Kier molecular flexibility index (Phi) is 2.52. The number of nitrogens with one attached hydrogen (secondary N) is 2. The average Bonchev–Trinajstić information content (AvgIpc) is 2.38. The maximum absolute atomic E-state index is 12.2. The third-order valence-corrected chi connectivity index (χ3v) is 3.59. The van der Waals surface area contributed by atoms with Gasteiger partial charge in [0.25, 0.3) is 5.91 Å². The Balaban J connectivity index is 2.10. The van der Waals surface area contributed by atoms with E-state index in [-0.39, 0.29) is 12.1 Å². The molecule has 1 amide bonds. The summed E-state index contributed by atoms with van der Waals surface area (Å²) in [4.78, 5) is 14.5. The topological polar surface area (TPSA) is 44.4 Å². The molecule has 1 fully saturated rings. The number of anilines is 1. The summed E-state index contributed by atoms with van der Waals surface area (Å²) in [6.07, 6.45) is 1.00. The lowest BCUT2D eigenvalue weighted by Crippen LogP contribution is -2.62. The van der Waals surface area contributed by atoms with Crippen LogP contribution in [0.2, 0.25) is 0 Å². The number of benzene rings is 1. The first-order chi connectivity index (χ1) is 8.31. The minimum atomic E-state index is 0.0717. The van der Waals surface area contributed by atoms with E-state index < -0.39 is 0 Å². The zero-order chi connectivity index (χ0) is 11.8. The minimum absolute atomic E-state index is 0.0717. The molecule has 4 heteroatoms. The average molecular weight is 231 g/mol. The Morgan fingerprint density at radius 3 is 3.18 bits per heavy atom. The Bertz CT molecular complexity index is 458. The fraction of sp³-hybridized carbons (Fsp3) is 0.462. The molecule has 4 nitrogen and oxygen atoms in total. The zero-order valence-electron chi connectivity index (χ0n) is 9.99. The molecule has 2 aliphatic rings. The van der Waals surface area contributed by atoms with Gasteiger partial charge in [-0.1, -0.05) is 19.1 Å². The van der Waals surface area contributed by atoms with Crippen LogP contribution >= 0.6 is 0 Å². The van der Waals surface area contributed by atoms with E-state index in [1.54, 1.807) is 0 Å². The normalized spacial score (nSPS) is 22.8. The van der Waals surface area contributed by atoms with Crippen LogP contribution in [0.3, 0.4) is 0 Å². The number of carbonyl (C=O) groups excluding carboxylic acids is 1. The smallest absolute Gasteiger partial charge is 0.255 e. The number of piperazine rings is 1. The Morgan fingerprint density at radius 1 is 1.47 bits per heavy atom. The molecule has 0 aliphatic carbocycles. The van der Waals surface area contributed by atoms with E-state index in [4.69, 9.17) is 0 Å². The fourth-order valence-electron chi connectivity index (χ4n) is 2.73. The summed E-state index contributed by atoms with van der Waals surface area (Å²) in [5.74, 6) is 0.0717. The molecule has 17 heavy (non-hydrogen) atoms. The molecule has 1 unspecified atom stereocenters. The molecule has 0 aromatic heterocycles. The van der Waals surface area contributed by atoms with Crippen LogP contribution in [0.25, 0.3) is 0 Å². The van der Waals surface area contributed by atoms with E-state index in [0.717, 1.165) is 42.9 Å². The highest BCUT2D eigenvalue weighted by atomic mass is 16.2. The molecule has 1 aromatic carbocycles. The van der Waals surface area contributed by atoms with Crippen LogP contribution in [0, 0.1) is 0 Å². The van der Waals surface area contributed by atoms with Gasteiger partial charge in [-0.15, -0.1) is 0 Å². The van der Waals surface area contributed by atoms with Crippen molar-refractivity contribution in [2.24, 2.45) is 0 Å². The van der Waals surface area contributed by atoms with Crippen LogP contribution in [0.15, 0.2) is 18.2 Å². The van der Waals surface area contributed by atoms with E-state index >= 15 is 0 Å². The second-order valence-electron chi connectivity index (χ2n) is 4.55. The number of hydrogen-bond donors (Lipinski definition) is 2. The molecule has 2 aliphatic heterocycles. The van der Waals surface area contributed by atoms with Gasteiger partial charge in [0.1, 0.15) is 6.17 Å². The van der Waals surface area contributed by atoms with Gasteiger partial charge in [0, 0.05) is 19.6 Å². The quantitative estimate of drug-likeness (QED) is 0.749. The second kappa shape index (κ2) is 4.04. The molecule has 90 valence electrons. The molecule has 1 atom stereocenters. The summed E-state index contributed by atoms with van der Waals surface area (Å²) in [6.45, 7) is 4.83. The van der Waals surface area contributed by atoms with Gasteiger partial charge in [-0.05, 0) is 18.1 Å². The summed E-state index contributed by atoms with van der Waals surface area (Å²) in [7, 11) is 0. The van der Waals surface area contributed by atoms with E-state index in [2.05, 4.69) is 34.6 Å².